The number of ether oxygens (including phenoxy) is 2. The minimum absolute atomic E-state index is 0.0148. The van der Waals surface area contributed by atoms with Gasteiger partial charge in [0.05, 0.1) is 18.8 Å². The first-order valence-corrected chi connectivity index (χ1v) is 5.48. The van der Waals surface area contributed by atoms with Crippen molar-refractivity contribution in [2.45, 2.75) is 37.7 Å². The molecule has 2 saturated heterocycles. The van der Waals surface area contributed by atoms with Crippen LogP contribution in [0, 0.1) is 0 Å². The number of likely N-dealkylation sites (N-methyl/N-ethyl adjacent to an activating group) is 1. The molecule has 0 aromatic carbocycles. The lowest BCUT2D eigenvalue weighted by atomic mass is 10.2. The molecule has 2 fully saturated rings. The minimum atomic E-state index is -0.0148. The van der Waals surface area contributed by atoms with Crippen LogP contribution in [0.1, 0.15) is 19.3 Å². The molecule has 4 nitrogen and oxygen atoms in total. The lowest BCUT2D eigenvalue weighted by Gasteiger charge is -2.24. The van der Waals surface area contributed by atoms with Gasteiger partial charge >= 0.3 is 0 Å². The lowest BCUT2D eigenvalue weighted by Crippen LogP contribution is -2.37. The van der Waals surface area contributed by atoms with Crippen LogP contribution in [0.4, 0.5) is 0 Å². The Bertz CT molecular complexity index is 189. The van der Waals surface area contributed by atoms with Crippen LogP contribution in [0.25, 0.3) is 0 Å². The molecule has 0 aliphatic carbocycles. The Morgan fingerprint density at radius 3 is 3.00 bits per heavy atom. The van der Waals surface area contributed by atoms with Crippen molar-refractivity contribution in [1.29, 1.82) is 0 Å². The van der Waals surface area contributed by atoms with Gasteiger partial charge in [0, 0.05) is 0 Å². The van der Waals surface area contributed by atoms with Crippen molar-refractivity contribution in [3.05, 3.63) is 0 Å². The predicted molar refractivity (Wildman–Crippen MR) is 53.9 cm³/mol. The first-order chi connectivity index (χ1) is 6.81. The molecular formula is C10H20N2O2. The van der Waals surface area contributed by atoms with Crippen molar-refractivity contribution in [3.8, 4) is 0 Å². The summed E-state index contributed by atoms with van der Waals surface area (Å²) in [6, 6.07) is 0.456. The van der Waals surface area contributed by atoms with Crippen molar-refractivity contribution < 1.29 is 9.47 Å². The third kappa shape index (κ3) is 2.08. The van der Waals surface area contributed by atoms with Gasteiger partial charge in [0.15, 0.2) is 6.29 Å². The molecule has 0 amide bonds. The smallest absolute Gasteiger partial charge is 0.173 e. The highest BCUT2D eigenvalue weighted by Gasteiger charge is 2.36. The van der Waals surface area contributed by atoms with E-state index in [1.54, 1.807) is 0 Å². The second-order valence-electron chi connectivity index (χ2n) is 4.23. The van der Waals surface area contributed by atoms with E-state index in [1.165, 1.54) is 12.8 Å². The fourth-order valence-corrected chi connectivity index (χ4v) is 2.29. The highest BCUT2D eigenvalue weighted by Crippen LogP contribution is 2.26. The summed E-state index contributed by atoms with van der Waals surface area (Å²) in [5.41, 5.74) is 5.49. The molecule has 2 heterocycles. The SMILES string of the molecule is CN1CCCC1C1OCC(CCN)O1. The first-order valence-electron chi connectivity index (χ1n) is 5.48. The van der Waals surface area contributed by atoms with Crippen molar-refractivity contribution in [1.82, 2.24) is 4.90 Å². The zero-order chi connectivity index (χ0) is 9.97. The van der Waals surface area contributed by atoms with Gasteiger partial charge in [0.2, 0.25) is 0 Å². The van der Waals surface area contributed by atoms with Crippen LogP contribution in [0.15, 0.2) is 0 Å². The minimum Gasteiger partial charge on any atom is -0.348 e. The predicted octanol–water partition coefficient (Wildman–Crippen LogP) is 0.171. The number of nitrogens with two attached hydrogens (primary N) is 1. The van der Waals surface area contributed by atoms with Crippen LogP contribution in [0.3, 0.4) is 0 Å². The summed E-state index contributed by atoms with van der Waals surface area (Å²) in [7, 11) is 2.14. The van der Waals surface area contributed by atoms with Gasteiger partial charge < -0.3 is 15.2 Å². The second-order valence-corrected chi connectivity index (χ2v) is 4.23. The van der Waals surface area contributed by atoms with E-state index < -0.39 is 0 Å². The molecule has 0 aromatic heterocycles. The molecule has 2 N–H and O–H groups in total. The molecule has 2 aliphatic rings. The van der Waals surface area contributed by atoms with E-state index >= 15 is 0 Å². The van der Waals surface area contributed by atoms with Crippen molar-refractivity contribution >= 4 is 0 Å². The Morgan fingerprint density at radius 1 is 1.50 bits per heavy atom. The van der Waals surface area contributed by atoms with Crippen LogP contribution in [0.2, 0.25) is 0 Å². The molecule has 14 heavy (non-hydrogen) atoms. The monoisotopic (exact) mass is 200 g/mol. The van der Waals surface area contributed by atoms with Crippen molar-refractivity contribution in [2.24, 2.45) is 5.73 Å². The summed E-state index contributed by atoms with van der Waals surface area (Å²) < 4.78 is 11.5. The molecule has 82 valence electrons. The summed E-state index contributed by atoms with van der Waals surface area (Å²) in [6.45, 7) is 2.56. The first kappa shape index (κ1) is 10.4. The molecule has 3 atom stereocenters. The van der Waals surface area contributed by atoms with Crippen LogP contribution < -0.4 is 5.73 Å². The van der Waals surface area contributed by atoms with Crippen LogP contribution in [-0.2, 0) is 9.47 Å². The number of hydrogen-bond donors (Lipinski definition) is 1. The summed E-state index contributed by atoms with van der Waals surface area (Å²) in [6.07, 6.45) is 3.56. The van der Waals surface area contributed by atoms with Gasteiger partial charge in [0.25, 0.3) is 0 Å². The van der Waals surface area contributed by atoms with E-state index in [9.17, 15) is 0 Å². The summed E-state index contributed by atoms with van der Waals surface area (Å²) in [5.74, 6) is 0. The molecule has 0 aromatic rings. The molecule has 0 spiro atoms. The lowest BCUT2D eigenvalue weighted by molar-refractivity contribution is -0.0983. The van der Waals surface area contributed by atoms with Gasteiger partial charge in [-0.3, -0.25) is 4.90 Å². The quantitative estimate of drug-likeness (QED) is 0.705. The summed E-state index contributed by atoms with van der Waals surface area (Å²) in [4.78, 5) is 2.33. The second kappa shape index (κ2) is 4.57. The summed E-state index contributed by atoms with van der Waals surface area (Å²) >= 11 is 0. The van der Waals surface area contributed by atoms with Crippen LogP contribution in [0.5, 0.6) is 0 Å². The number of nitrogens with zero attached hydrogens (tertiary/aromatic N) is 1. The maximum atomic E-state index is 5.81. The molecule has 3 unspecified atom stereocenters. The Kier molecular flexibility index (Phi) is 3.38. The average Bonchev–Trinajstić information content (AvgIpc) is 2.74. The maximum Gasteiger partial charge on any atom is 0.173 e. The highest BCUT2D eigenvalue weighted by atomic mass is 16.7. The summed E-state index contributed by atoms with van der Waals surface area (Å²) in [5, 5.41) is 0. The Hall–Kier alpha value is -0.160. The van der Waals surface area contributed by atoms with Gasteiger partial charge in [-0.2, -0.15) is 0 Å². The third-order valence-electron chi connectivity index (χ3n) is 3.15. The zero-order valence-corrected chi connectivity index (χ0v) is 8.82. The zero-order valence-electron chi connectivity index (χ0n) is 8.82. The molecule has 4 heteroatoms. The van der Waals surface area contributed by atoms with E-state index in [2.05, 4.69) is 11.9 Å². The van der Waals surface area contributed by atoms with Crippen molar-refractivity contribution in [2.75, 3.05) is 26.7 Å². The maximum absolute atomic E-state index is 5.81. The molecule has 0 saturated carbocycles. The highest BCUT2D eigenvalue weighted by molar-refractivity contribution is 4.82. The van der Waals surface area contributed by atoms with Crippen LogP contribution in [-0.4, -0.2) is 50.1 Å². The Labute approximate surface area is 85.3 Å². The number of rotatable bonds is 3. The normalized spacial score (nSPS) is 39.4. The largest absolute Gasteiger partial charge is 0.348 e. The van der Waals surface area contributed by atoms with Gasteiger partial charge in [-0.1, -0.05) is 0 Å². The molecular weight excluding hydrogens is 180 g/mol. The topological polar surface area (TPSA) is 47.7 Å². The fraction of sp³-hybridized carbons (Fsp3) is 1.00. The van der Waals surface area contributed by atoms with E-state index in [0.29, 0.717) is 19.2 Å². The third-order valence-corrected chi connectivity index (χ3v) is 3.15. The van der Waals surface area contributed by atoms with E-state index in [-0.39, 0.29) is 12.4 Å². The van der Waals surface area contributed by atoms with E-state index in [4.69, 9.17) is 15.2 Å². The molecule has 2 aliphatic heterocycles. The number of likely N-dealkylation sites (tertiary alicyclic amines) is 1. The van der Waals surface area contributed by atoms with Gasteiger partial charge in [-0.15, -0.1) is 0 Å². The Balaban J connectivity index is 1.82. The van der Waals surface area contributed by atoms with Gasteiger partial charge in [-0.05, 0) is 39.4 Å². The van der Waals surface area contributed by atoms with Crippen molar-refractivity contribution in [3.63, 3.8) is 0 Å². The van der Waals surface area contributed by atoms with E-state index in [1.807, 2.05) is 0 Å². The average molecular weight is 200 g/mol. The fourth-order valence-electron chi connectivity index (χ4n) is 2.29. The van der Waals surface area contributed by atoms with Gasteiger partial charge in [-0.25, -0.2) is 0 Å². The standard InChI is InChI=1S/C10H20N2O2/c1-12-6-2-3-9(12)10-13-7-8(14-10)4-5-11/h8-10H,2-7,11H2,1H3. The van der Waals surface area contributed by atoms with Crippen LogP contribution >= 0.6 is 0 Å². The van der Waals surface area contributed by atoms with E-state index in [0.717, 1.165) is 13.0 Å². The number of hydrogen-bond acceptors (Lipinski definition) is 4. The molecule has 0 bridgehead atoms. The molecule has 0 radical (unpaired) electrons. The molecule has 2 rings (SSSR count). The Morgan fingerprint density at radius 2 is 2.36 bits per heavy atom. The van der Waals surface area contributed by atoms with Gasteiger partial charge in [0.1, 0.15) is 0 Å².